The molecule has 0 spiro atoms. The highest BCUT2D eigenvalue weighted by Gasteiger charge is 2.37. The van der Waals surface area contributed by atoms with Crippen molar-refractivity contribution in [2.45, 2.75) is 32.1 Å². The zero-order valence-corrected chi connectivity index (χ0v) is 13.5. The third-order valence-corrected chi connectivity index (χ3v) is 3.34. The normalized spacial score (nSPS) is 22.2. The average molecular weight is 333 g/mol. The first-order valence-corrected chi connectivity index (χ1v) is 7.33. The van der Waals surface area contributed by atoms with E-state index >= 15 is 0 Å². The van der Waals surface area contributed by atoms with E-state index < -0.39 is 23.5 Å². The van der Waals surface area contributed by atoms with E-state index in [4.69, 9.17) is 9.47 Å². The van der Waals surface area contributed by atoms with Crippen LogP contribution in [0, 0.1) is 0 Å². The van der Waals surface area contributed by atoms with Crippen LogP contribution in [0.4, 0.5) is 5.82 Å². The molecule has 24 heavy (non-hydrogen) atoms. The zero-order valence-electron chi connectivity index (χ0n) is 13.5. The van der Waals surface area contributed by atoms with Crippen LogP contribution in [0.1, 0.15) is 26.5 Å². The van der Waals surface area contributed by atoms with E-state index in [1.54, 1.807) is 18.2 Å². The standard InChI is InChI=1S/C16H19N3O5/c1-4-7-16(10-23-12(3)21)8-5-14(24-16)19-9-6-13(17-11(2)20)18-15(19)22/h4-6,8-9,14H,1,7,10H2,2-3H3,(H,17,18,20,22)/t14-,16+/m1/s1. The van der Waals surface area contributed by atoms with Gasteiger partial charge in [-0.1, -0.05) is 6.08 Å². The molecule has 1 N–H and O–H groups in total. The SMILES string of the molecule is C=CC[C@@]1(COC(C)=O)C=C[C@H](n2ccc(NC(C)=O)nc2=O)O1. The number of nitrogens with zero attached hydrogens (tertiary/aromatic N) is 2. The van der Waals surface area contributed by atoms with Crippen LogP contribution in [0.3, 0.4) is 0 Å². The van der Waals surface area contributed by atoms with Crippen molar-refractivity contribution in [3.05, 3.63) is 47.6 Å². The molecule has 1 aliphatic heterocycles. The molecule has 1 aromatic heterocycles. The number of hydrogen-bond donors (Lipinski definition) is 1. The molecule has 1 aromatic rings. The van der Waals surface area contributed by atoms with Crippen molar-refractivity contribution < 1.29 is 19.1 Å². The molecule has 2 rings (SSSR count). The molecule has 8 nitrogen and oxygen atoms in total. The van der Waals surface area contributed by atoms with Crippen LogP contribution >= 0.6 is 0 Å². The molecule has 128 valence electrons. The molecule has 0 fully saturated rings. The van der Waals surface area contributed by atoms with Crippen molar-refractivity contribution >= 4 is 17.7 Å². The van der Waals surface area contributed by atoms with Gasteiger partial charge in [0.2, 0.25) is 5.91 Å². The summed E-state index contributed by atoms with van der Waals surface area (Å²) >= 11 is 0. The molecule has 0 bridgehead atoms. The van der Waals surface area contributed by atoms with Crippen LogP contribution < -0.4 is 11.0 Å². The van der Waals surface area contributed by atoms with Crippen LogP contribution in [0.5, 0.6) is 0 Å². The number of rotatable bonds is 6. The summed E-state index contributed by atoms with van der Waals surface area (Å²) < 4.78 is 12.2. The van der Waals surface area contributed by atoms with E-state index in [9.17, 15) is 14.4 Å². The van der Waals surface area contributed by atoms with Crippen molar-refractivity contribution in [2.75, 3.05) is 11.9 Å². The number of hydrogen-bond acceptors (Lipinski definition) is 6. The summed E-state index contributed by atoms with van der Waals surface area (Å²) in [6.45, 7) is 6.34. The number of carbonyl (C=O) groups excluding carboxylic acids is 2. The highest BCUT2D eigenvalue weighted by molar-refractivity contribution is 5.87. The van der Waals surface area contributed by atoms with Gasteiger partial charge in [0.15, 0.2) is 6.23 Å². The second-order valence-corrected chi connectivity index (χ2v) is 5.39. The molecule has 2 heterocycles. The second-order valence-electron chi connectivity index (χ2n) is 5.39. The molecule has 0 unspecified atom stereocenters. The zero-order chi connectivity index (χ0) is 17.7. The maximum absolute atomic E-state index is 12.1. The second kappa shape index (κ2) is 7.22. The molecule has 1 amide bonds. The van der Waals surface area contributed by atoms with Crippen molar-refractivity contribution in [1.29, 1.82) is 0 Å². The van der Waals surface area contributed by atoms with Crippen LogP contribution in [0.15, 0.2) is 41.9 Å². The number of amides is 1. The van der Waals surface area contributed by atoms with Crippen molar-refractivity contribution in [3.8, 4) is 0 Å². The monoisotopic (exact) mass is 333 g/mol. The summed E-state index contributed by atoms with van der Waals surface area (Å²) in [5.74, 6) is -0.566. The number of aromatic nitrogens is 2. The Balaban J connectivity index is 2.18. The summed E-state index contributed by atoms with van der Waals surface area (Å²) in [4.78, 5) is 38.0. The topological polar surface area (TPSA) is 99.5 Å². The Labute approximate surface area is 138 Å². The lowest BCUT2D eigenvalue weighted by Crippen LogP contribution is -2.36. The van der Waals surface area contributed by atoms with Crippen LogP contribution in [-0.2, 0) is 19.1 Å². The van der Waals surface area contributed by atoms with Gasteiger partial charge in [-0.15, -0.1) is 6.58 Å². The third kappa shape index (κ3) is 4.17. The predicted molar refractivity (Wildman–Crippen MR) is 86.2 cm³/mol. The number of ether oxygens (including phenoxy) is 2. The maximum atomic E-state index is 12.1. The van der Waals surface area contributed by atoms with Gasteiger partial charge >= 0.3 is 11.7 Å². The quantitative estimate of drug-likeness (QED) is 0.619. The molecule has 0 aliphatic carbocycles. The molecule has 1 aliphatic rings. The molecule has 8 heteroatoms. The molecule has 0 saturated carbocycles. The summed E-state index contributed by atoms with van der Waals surface area (Å²) in [7, 11) is 0. The number of nitrogens with one attached hydrogen (secondary N) is 1. The van der Waals surface area contributed by atoms with Gasteiger partial charge in [0, 0.05) is 26.5 Å². The number of carbonyl (C=O) groups is 2. The van der Waals surface area contributed by atoms with Crippen LogP contribution in [0.25, 0.3) is 0 Å². The van der Waals surface area contributed by atoms with Crippen LogP contribution in [0.2, 0.25) is 0 Å². The number of anilines is 1. The Kier molecular flexibility index (Phi) is 5.30. The average Bonchev–Trinajstić information content (AvgIpc) is 2.89. The van der Waals surface area contributed by atoms with Crippen molar-refractivity contribution in [3.63, 3.8) is 0 Å². The fraction of sp³-hybridized carbons (Fsp3) is 0.375. The first-order valence-electron chi connectivity index (χ1n) is 7.33. The fourth-order valence-corrected chi connectivity index (χ4v) is 2.31. The molecular formula is C16H19N3O5. The predicted octanol–water partition coefficient (Wildman–Crippen LogP) is 1.16. The van der Waals surface area contributed by atoms with E-state index in [1.807, 2.05) is 0 Å². The van der Waals surface area contributed by atoms with Crippen molar-refractivity contribution in [2.24, 2.45) is 0 Å². The lowest BCUT2D eigenvalue weighted by molar-refractivity contribution is -0.152. The third-order valence-electron chi connectivity index (χ3n) is 3.34. The molecule has 0 radical (unpaired) electrons. The first kappa shape index (κ1) is 17.6. The van der Waals surface area contributed by atoms with Gasteiger partial charge in [-0.25, -0.2) is 4.79 Å². The largest absolute Gasteiger partial charge is 0.462 e. The fourth-order valence-electron chi connectivity index (χ4n) is 2.31. The molecule has 0 aromatic carbocycles. The lowest BCUT2D eigenvalue weighted by Gasteiger charge is -2.27. The van der Waals surface area contributed by atoms with Gasteiger partial charge in [0.25, 0.3) is 0 Å². The smallest absolute Gasteiger partial charge is 0.351 e. The Morgan fingerprint density at radius 1 is 1.54 bits per heavy atom. The minimum atomic E-state index is -0.867. The minimum Gasteiger partial charge on any atom is -0.462 e. The highest BCUT2D eigenvalue weighted by Crippen LogP contribution is 2.32. The summed E-state index contributed by atoms with van der Waals surface area (Å²) in [6, 6.07) is 1.50. The van der Waals surface area contributed by atoms with Gasteiger partial charge < -0.3 is 14.8 Å². The Morgan fingerprint density at radius 3 is 2.88 bits per heavy atom. The molecule has 2 atom stereocenters. The van der Waals surface area contributed by atoms with Gasteiger partial charge in [0.1, 0.15) is 18.0 Å². The van der Waals surface area contributed by atoms with Gasteiger partial charge in [-0.05, 0) is 18.2 Å². The summed E-state index contributed by atoms with van der Waals surface area (Å²) in [5, 5.41) is 2.44. The van der Waals surface area contributed by atoms with E-state index in [0.29, 0.717) is 6.42 Å². The summed E-state index contributed by atoms with van der Waals surface area (Å²) in [5.41, 5.74) is -1.44. The van der Waals surface area contributed by atoms with E-state index in [-0.39, 0.29) is 18.3 Å². The lowest BCUT2D eigenvalue weighted by atomic mass is 10.0. The van der Waals surface area contributed by atoms with E-state index in [0.717, 1.165) is 0 Å². The van der Waals surface area contributed by atoms with Gasteiger partial charge in [-0.3, -0.25) is 14.2 Å². The minimum absolute atomic E-state index is 0.0213. The van der Waals surface area contributed by atoms with Crippen molar-refractivity contribution in [1.82, 2.24) is 9.55 Å². The van der Waals surface area contributed by atoms with Crippen LogP contribution in [-0.4, -0.2) is 33.6 Å². The number of esters is 1. The maximum Gasteiger partial charge on any atom is 0.351 e. The Bertz CT molecular complexity index is 739. The Hall–Kier alpha value is -2.74. The molecular weight excluding hydrogens is 314 g/mol. The Morgan fingerprint density at radius 2 is 2.29 bits per heavy atom. The van der Waals surface area contributed by atoms with Gasteiger partial charge in [0.05, 0.1) is 0 Å². The van der Waals surface area contributed by atoms with E-state index in [1.165, 1.54) is 30.7 Å². The van der Waals surface area contributed by atoms with Gasteiger partial charge in [-0.2, -0.15) is 4.98 Å². The summed E-state index contributed by atoms with van der Waals surface area (Å²) in [6.07, 6.45) is 6.29. The van der Waals surface area contributed by atoms with E-state index in [2.05, 4.69) is 16.9 Å². The first-order chi connectivity index (χ1) is 11.3. The molecule has 0 saturated heterocycles. The highest BCUT2D eigenvalue weighted by atomic mass is 16.6.